The van der Waals surface area contributed by atoms with Gasteiger partial charge in [0.15, 0.2) is 5.56 Å². The maximum Gasteiger partial charge on any atom is 0.332 e. The van der Waals surface area contributed by atoms with E-state index in [-0.39, 0.29) is 17.4 Å². The fourth-order valence-corrected chi connectivity index (χ4v) is 2.86. The van der Waals surface area contributed by atoms with E-state index < -0.39 is 11.2 Å². The molecule has 1 aromatic carbocycles. The molecule has 0 spiro atoms. The van der Waals surface area contributed by atoms with Crippen LogP contribution in [-0.2, 0) is 20.6 Å². The summed E-state index contributed by atoms with van der Waals surface area (Å²) in [5, 5.41) is 16.8. The standard InChI is InChI=1S/C19H20N6O2/c1-13(15-10-21-25(12-15)11-14-7-5-4-6-8-14)22-17-16(9-20)18(26)24(3)19(27)23(17)2/h4-8,10,12-13,22H,11H2,1-3H3. The van der Waals surface area contributed by atoms with Gasteiger partial charge in [0, 0.05) is 25.9 Å². The lowest BCUT2D eigenvalue weighted by Gasteiger charge is -2.18. The van der Waals surface area contributed by atoms with Gasteiger partial charge in [0.1, 0.15) is 11.9 Å². The quantitative estimate of drug-likeness (QED) is 0.737. The molecule has 1 N–H and O–H groups in total. The van der Waals surface area contributed by atoms with Gasteiger partial charge >= 0.3 is 5.69 Å². The molecule has 0 bridgehead atoms. The number of nitriles is 1. The number of nitrogens with zero attached hydrogens (tertiary/aromatic N) is 5. The van der Waals surface area contributed by atoms with E-state index in [2.05, 4.69) is 10.4 Å². The highest BCUT2D eigenvalue weighted by molar-refractivity contribution is 5.52. The lowest BCUT2D eigenvalue weighted by Crippen LogP contribution is -2.40. The van der Waals surface area contributed by atoms with Crippen molar-refractivity contribution in [2.45, 2.75) is 19.5 Å². The monoisotopic (exact) mass is 364 g/mol. The molecular weight excluding hydrogens is 344 g/mol. The second kappa shape index (κ2) is 7.33. The Bertz CT molecular complexity index is 1120. The van der Waals surface area contributed by atoms with Gasteiger partial charge in [-0.15, -0.1) is 0 Å². The molecule has 2 aromatic heterocycles. The predicted octanol–water partition coefficient (Wildman–Crippen LogP) is 1.37. The zero-order valence-corrected chi connectivity index (χ0v) is 15.4. The van der Waals surface area contributed by atoms with Crippen LogP contribution in [0.15, 0.2) is 52.3 Å². The number of nitrogens with one attached hydrogen (secondary N) is 1. The Labute approximate surface area is 155 Å². The second-order valence-corrected chi connectivity index (χ2v) is 6.36. The zero-order chi connectivity index (χ0) is 19.6. The first-order valence-electron chi connectivity index (χ1n) is 8.45. The summed E-state index contributed by atoms with van der Waals surface area (Å²) in [5.41, 5.74) is 0.808. The fourth-order valence-electron chi connectivity index (χ4n) is 2.86. The van der Waals surface area contributed by atoms with Crippen molar-refractivity contribution in [2.75, 3.05) is 5.32 Å². The maximum absolute atomic E-state index is 12.2. The molecule has 1 atom stereocenters. The summed E-state index contributed by atoms with van der Waals surface area (Å²) in [6.07, 6.45) is 3.63. The average molecular weight is 364 g/mol. The molecule has 0 saturated carbocycles. The molecule has 2 heterocycles. The number of aromatic nitrogens is 4. The highest BCUT2D eigenvalue weighted by Crippen LogP contribution is 2.19. The minimum Gasteiger partial charge on any atom is -0.363 e. The molecule has 8 nitrogen and oxygen atoms in total. The predicted molar refractivity (Wildman–Crippen MR) is 101 cm³/mol. The lowest BCUT2D eigenvalue weighted by atomic mass is 10.2. The van der Waals surface area contributed by atoms with Gasteiger partial charge in [-0.2, -0.15) is 10.4 Å². The van der Waals surface area contributed by atoms with Crippen molar-refractivity contribution in [3.63, 3.8) is 0 Å². The van der Waals surface area contributed by atoms with Crippen LogP contribution in [0.2, 0.25) is 0 Å². The van der Waals surface area contributed by atoms with Crippen molar-refractivity contribution >= 4 is 5.82 Å². The summed E-state index contributed by atoms with van der Waals surface area (Å²) >= 11 is 0. The van der Waals surface area contributed by atoms with Crippen LogP contribution in [0.25, 0.3) is 0 Å². The summed E-state index contributed by atoms with van der Waals surface area (Å²) in [6, 6.07) is 11.6. The third kappa shape index (κ3) is 3.53. The van der Waals surface area contributed by atoms with Crippen LogP contribution in [0.1, 0.15) is 29.7 Å². The number of benzene rings is 1. The SMILES string of the molecule is CC(Nc1c(C#N)c(=O)n(C)c(=O)n1C)c1cnn(Cc2ccccc2)c1. The van der Waals surface area contributed by atoms with Gasteiger partial charge in [0.2, 0.25) is 0 Å². The van der Waals surface area contributed by atoms with Crippen molar-refractivity contribution < 1.29 is 0 Å². The van der Waals surface area contributed by atoms with Gasteiger partial charge < -0.3 is 5.32 Å². The highest BCUT2D eigenvalue weighted by atomic mass is 16.2. The van der Waals surface area contributed by atoms with E-state index in [1.54, 1.807) is 6.20 Å². The number of hydrogen-bond acceptors (Lipinski definition) is 5. The molecule has 0 aliphatic rings. The fraction of sp³-hybridized carbons (Fsp3) is 0.263. The summed E-state index contributed by atoms with van der Waals surface area (Å²) in [5.74, 6) is 0.203. The molecule has 1 unspecified atom stereocenters. The topological polar surface area (TPSA) is 97.6 Å². The Hall–Kier alpha value is -3.60. The molecule has 0 aliphatic heterocycles. The minimum absolute atomic E-state index is 0.0943. The van der Waals surface area contributed by atoms with Crippen molar-refractivity contribution in [1.82, 2.24) is 18.9 Å². The normalized spacial score (nSPS) is 11.8. The van der Waals surface area contributed by atoms with E-state index >= 15 is 0 Å². The van der Waals surface area contributed by atoms with E-state index in [0.29, 0.717) is 6.54 Å². The Morgan fingerprint density at radius 3 is 2.56 bits per heavy atom. The summed E-state index contributed by atoms with van der Waals surface area (Å²) in [6.45, 7) is 2.52. The Morgan fingerprint density at radius 2 is 1.89 bits per heavy atom. The van der Waals surface area contributed by atoms with Crippen molar-refractivity contribution in [3.05, 3.63) is 80.3 Å². The van der Waals surface area contributed by atoms with Crippen LogP contribution in [0.4, 0.5) is 5.82 Å². The third-order valence-corrected chi connectivity index (χ3v) is 4.47. The highest BCUT2D eigenvalue weighted by Gasteiger charge is 2.18. The summed E-state index contributed by atoms with van der Waals surface area (Å²) < 4.78 is 4.01. The molecule has 0 amide bonds. The van der Waals surface area contributed by atoms with Gasteiger partial charge in [-0.05, 0) is 12.5 Å². The van der Waals surface area contributed by atoms with E-state index in [1.165, 1.54) is 18.7 Å². The number of anilines is 1. The van der Waals surface area contributed by atoms with E-state index in [0.717, 1.165) is 15.7 Å². The zero-order valence-electron chi connectivity index (χ0n) is 15.4. The van der Waals surface area contributed by atoms with Crippen LogP contribution >= 0.6 is 0 Å². The molecule has 0 aliphatic carbocycles. The van der Waals surface area contributed by atoms with Gasteiger partial charge in [-0.25, -0.2) is 4.79 Å². The first-order chi connectivity index (χ1) is 12.9. The molecule has 0 fully saturated rings. The summed E-state index contributed by atoms with van der Waals surface area (Å²) in [7, 11) is 2.88. The largest absolute Gasteiger partial charge is 0.363 e. The Balaban J connectivity index is 1.87. The van der Waals surface area contributed by atoms with Crippen LogP contribution < -0.4 is 16.6 Å². The molecule has 3 aromatic rings. The molecule has 27 heavy (non-hydrogen) atoms. The van der Waals surface area contributed by atoms with Crippen molar-refractivity contribution in [3.8, 4) is 6.07 Å². The van der Waals surface area contributed by atoms with Crippen molar-refractivity contribution in [1.29, 1.82) is 5.26 Å². The number of rotatable bonds is 5. The van der Waals surface area contributed by atoms with E-state index in [9.17, 15) is 14.9 Å². The smallest absolute Gasteiger partial charge is 0.332 e. The molecule has 8 heteroatoms. The molecule has 138 valence electrons. The summed E-state index contributed by atoms with van der Waals surface area (Å²) in [4.78, 5) is 24.4. The maximum atomic E-state index is 12.2. The van der Waals surface area contributed by atoms with Gasteiger partial charge in [-0.3, -0.25) is 18.6 Å². The first kappa shape index (κ1) is 18.2. The van der Waals surface area contributed by atoms with Crippen LogP contribution in [-0.4, -0.2) is 18.9 Å². The van der Waals surface area contributed by atoms with Gasteiger partial charge in [0.25, 0.3) is 5.56 Å². The molecule has 0 radical (unpaired) electrons. The van der Waals surface area contributed by atoms with Gasteiger partial charge in [0.05, 0.1) is 18.8 Å². The van der Waals surface area contributed by atoms with Gasteiger partial charge in [-0.1, -0.05) is 30.3 Å². The van der Waals surface area contributed by atoms with Crippen LogP contribution in [0, 0.1) is 11.3 Å². The van der Waals surface area contributed by atoms with E-state index in [1.807, 2.05) is 54.2 Å². The lowest BCUT2D eigenvalue weighted by molar-refractivity contribution is 0.676. The van der Waals surface area contributed by atoms with E-state index in [4.69, 9.17) is 0 Å². The van der Waals surface area contributed by atoms with Crippen molar-refractivity contribution in [2.24, 2.45) is 14.1 Å². The molecule has 3 rings (SSSR count). The van der Waals surface area contributed by atoms with Crippen LogP contribution in [0.3, 0.4) is 0 Å². The minimum atomic E-state index is -0.616. The molecule has 0 saturated heterocycles. The Morgan fingerprint density at radius 1 is 1.19 bits per heavy atom. The third-order valence-electron chi connectivity index (χ3n) is 4.47. The average Bonchev–Trinajstić information content (AvgIpc) is 3.14. The van der Waals surface area contributed by atoms with Crippen LogP contribution in [0.5, 0.6) is 0 Å². The second-order valence-electron chi connectivity index (χ2n) is 6.36. The number of hydrogen-bond donors (Lipinski definition) is 1. The molecular formula is C19H20N6O2. The first-order valence-corrected chi connectivity index (χ1v) is 8.45. The Kier molecular flexibility index (Phi) is 4.94.